The fraction of sp³-hybridized carbons (Fsp3) is 0.500. The minimum Gasteiger partial charge on any atom is -0.361 e. The van der Waals surface area contributed by atoms with Crippen LogP contribution in [0.3, 0.4) is 0 Å². The van der Waals surface area contributed by atoms with Crippen LogP contribution in [-0.4, -0.2) is 30.1 Å². The Balaban J connectivity index is 2.05. The summed E-state index contributed by atoms with van der Waals surface area (Å²) in [6.07, 6.45) is 8.06. The summed E-state index contributed by atoms with van der Waals surface area (Å²) in [6, 6.07) is 0. The highest BCUT2D eigenvalue weighted by molar-refractivity contribution is 6.07. The van der Waals surface area contributed by atoms with E-state index in [0.717, 1.165) is 6.42 Å². The molecule has 0 bridgehead atoms. The second kappa shape index (κ2) is 4.61. The summed E-state index contributed by atoms with van der Waals surface area (Å²) in [5.41, 5.74) is 0. The smallest absolute Gasteiger partial charge is 0.239 e. The average Bonchev–Trinajstić information content (AvgIpc) is 2.55. The van der Waals surface area contributed by atoms with Gasteiger partial charge in [0.2, 0.25) is 11.8 Å². The summed E-state index contributed by atoms with van der Waals surface area (Å²) in [5.74, 6) is -0.927. The maximum Gasteiger partial charge on any atom is 0.239 e. The molecular weight excluding hydrogens is 206 g/mol. The largest absolute Gasteiger partial charge is 0.361 e. The van der Waals surface area contributed by atoms with Gasteiger partial charge in [0, 0.05) is 6.61 Å². The zero-order valence-electron chi connectivity index (χ0n) is 9.26. The van der Waals surface area contributed by atoms with Crippen LogP contribution in [-0.2, 0) is 14.3 Å². The SMILES string of the molecule is CCCOCN1C(=O)[C@@H]2C=CC=C[C@H]2C1=O. The Bertz CT molecular complexity index is 329. The number of carbonyl (C=O) groups excluding carboxylic acids is 2. The summed E-state index contributed by atoms with van der Waals surface area (Å²) in [5, 5.41) is 0. The number of allylic oxidation sites excluding steroid dienone is 2. The number of nitrogens with zero attached hydrogens (tertiary/aromatic N) is 1. The Kier molecular flexibility index (Phi) is 3.19. The molecule has 0 aromatic rings. The van der Waals surface area contributed by atoms with Gasteiger partial charge in [0.25, 0.3) is 0 Å². The molecule has 1 saturated heterocycles. The topological polar surface area (TPSA) is 46.6 Å². The van der Waals surface area contributed by atoms with Crippen LogP contribution in [0.5, 0.6) is 0 Å². The summed E-state index contributed by atoms with van der Waals surface area (Å²) < 4.78 is 5.25. The van der Waals surface area contributed by atoms with Crippen molar-refractivity contribution in [3.8, 4) is 0 Å². The molecular formula is C12H15NO3. The number of ether oxygens (including phenoxy) is 1. The maximum absolute atomic E-state index is 11.9. The first kappa shape index (κ1) is 11.1. The molecule has 2 rings (SSSR count). The zero-order chi connectivity index (χ0) is 11.5. The number of hydrogen-bond donors (Lipinski definition) is 0. The van der Waals surface area contributed by atoms with Crippen LogP contribution in [0.2, 0.25) is 0 Å². The zero-order valence-corrected chi connectivity index (χ0v) is 9.26. The lowest BCUT2D eigenvalue weighted by molar-refractivity contribution is -0.145. The van der Waals surface area contributed by atoms with E-state index in [-0.39, 0.29) is 30.4 Å². The summed E-state index contributed by atoms with van der Waals surface area (Å²) in [7, 11) is 0. The predicted molar refractivity (Wildman–Crippen MR) is 58.2 cm³/mol. The molecule has 0 aromatic heterocycles. The van der Waals surface area contributed by atoms with Crippen LogP contribution in [0, 0.1) is 11.8 Å². The van der Waals surface area contributed by atoms with Crippen molar-refractivity contribution in [3.63, 3.8) is 0 Å². The summed E-state index contributed by atoms with van der Waals surface area (Å²) in [6.45, 7) is 2.64. The van der Waals surface area contributed by atoms with Crippen molar-refractivity contribution in [2.45, 2.75) is 13.3 Å². The molecule has 0 spiro atoms. The molecule has 0 unspecified atom stereocenters. The Morgan fingerprint density at radius 3 is 2.25 bits per heavy atom. The minimum atomic E-state index is -0.317. The molecule has 1 aliphatic carbocycles. The van der Waals surface area contributed by atoms with E-state index in [1.54, 1.807) is 12.2 Å². The Morgan fingerprint density at radius 2 is 1.75 bits per heavy atom. The van der Waals surface area contributed by atoms with Crippen molar-refractivity contribution >= 4 is 11.8 Å². The standard InChI is InChI=1S/C12H15NO3/c1-2-7-16-8-13-11(14)9-5-3-4-6-10(9)12(13)15/h3-6,9-10H,2,7-8H2,1H3/t9-,10-/m1/s1. The van der Waals surface area contributed by atoms with Gasteiger partial charge in [0.15, 0.2) is 0 Å². The van der Waals surface area contributed by atoms with Crippen molar-refractivity contribution in [1.82, 2.24) is 4.90 Å². The lowest BCUT2D eigenvalue weighted by atomic mass is 9.91. The molecule has 0 radical (unpaired) electrons. The maximum atomic E-state index is 11.9. The molecule has 4 heteroatoms. The number of likely N-dealkylation sites (tertiary alicyclic amines) is 1. The lowest BCUT2D eigenvalue weighted by Crippen LogP contribution is -2.33. The first-order valence-electron chi connectivity index (χ1n) is 5.53. The minimum absolute atomic E-state index is 0.0835. The van der Waals surface area contributed by atoms with E-state index < -0.39 is 0 Å². The van der Waals surface area contributed by atoms with Crippen LogP contribution in [0.1, 0.15) is 13.3 Å². The van der Waals surface area contributed by atoms with Crippen LogP contribution >= 0.6 is 0 Å². The third-order valence-electron chi connectivity index (χ3n) is 2.81. The molecule has 86 valence electrons. The normalized spacial score (nSPS) is 27.7. The first-order chi connectivity index (χ1) is 7.75. The second-order valence-electron chi connectivity index (χ2n) is 3.96. The highest BCUT2D eigenvalue weighted by Gasteiger charge is 2.45. The van der Waals surface area contributed by atoms with Crippen molar-refractivity contribution in [2.75, 3.05) is 13.3 Å². The van der Waals surface area contributed by atoms with Crippen LogP contribution in [0.4, 0.5) is 0 Å². The predicted octanol–water partition coefficient (Wildman–Crippen LogP) is 1.10. The first-order valence-corrected chi connectivity index (χ1v) is 5.53. The third kappa shape index (κ3) is 1.80. The number of imide groups is 1. The van der Waals surface area contributed by atoms with Crippen molar-refractivity contribution in [1.29, 1.82) is 0 Å². The van der Waals surface area contributed by atoms with E-state index in [9.17, 15) is 9.59 Å². The van der Waals surface area contributed by atoms with Gasteiger partial charge in [-0.05, 0) is 6.42 Å². The van der Waals surface area contributed by atoms with Crippen LogP contribution in [0.15, 0.2) is 24.3 Å². The Labute approximate surface area is 94.6 Å². The van der Waals surface area contributed by atoms with Gasteiger partial charge >= 0.3 is 0 Å². The molecule has 2 amide bonds. The molecule has 0 saturated carbocycles. The Morgan fingerprint density at radius 1 is 1.19 bits per heavy atom. The average molecular weight is 221 g/mol. The van der Waals surface area contributed by atoms with Gasteiger partial charge in [-0.2, -0.15) is 0 Å². The number of carbonyl (C=O) groups is 2. The van der Waals surface area contributed by atoms with Gasteiger partial charge < -0.3 is 4.74 Å². The van der Waals surface area contributed by atoms with E-state index in [1.807, 2.05) is 19.1 Å². The fourth-order valence-electron chi connectivity index (χ4n) is 1.97. The third-order valence-corrected chi connectivity index (χ3v) is 2.81. The molecule has 1 fully saturated rings. The molecule has 0 aromatic carbocycles. The molecule has 1 heterocycles. The molecule has 1 aliphatic heterocycles. The number of amides is 2. The Hall–Kier alpha value is -1.42. The molecule has 2 aliphatic rings. The van der Waals surface area contributed by atoms with Gasteiger partial charge in [0.1, 0.15) is 6.73 Å². The summed E-state index contributed by atoms with van der Waals surface area (Å²) in [4.78, 5) is 25.0. The van der Waals surface area contributed by atoms with Crippen LogP contribution in [0.25, 0.3) is 0 Å². The van der Waals surface area contributed by atoms with Crippen LogP contribution < -0.4 is 0 Å². The quantitative estimate of drug-likeness (QED) is 0.527. The number of fused-ring (bicyclic) bond motifs is 1. The van der Waals surface area contributed by atoms with E-state index >= 15 is 0 Å². The molecule has 0 N–H and O–H groups in total. The number of hydrogen-bond acceptors (Lipinski definition) is 3. The van der Waals surface area contributed by atoms with Gasteiger partial charge in [-0.3, -0.25) is 14.5 Å². The number of rotatable bonds is 4. The van der Waals surface area contributed by atoms with Crippen molar-refractivity contribution in [2.24, 2.45) is 11.8 Å². The fourth-order valence-corrected chi connectivity index (χ4v) is 1.97. The summed E-state index contributed by atoms with van der Waals surface area (Å²) >= 11 is 0. The van der Waals surface area contributed by atoms with Gasteiger partial charge in [-0.1, -0.05) is 31.2 Å². The highest BCUT2D eigenvalue weighted by atomic mass is 16.5. The lowest BCUT2D eigenvalue weighted by Gasteiger charge is -2.13. The second-order valence-corrected chi connectivity index (χ2v) is 3.96. The van der Waals surface area contributed by atoms with Gasteiger partial charge in [-0.25, -0.2) is 0 Å². The van der Waals surface area contributed by atoms with Crippen molar-refractivity contribution in [3.05, 3.63) is 24.3 Å². The van der Waals surface area contributed by atoms with Gasteiger partial charge in [0.05, 0.1) is 11.8 Å². The monoisotopic (exact) mass is 221 g/mol. The molecule has 4 nitrogen and oxygen atoms in total. The highest BCUT2D eigenvalue weighted by Crippen LogP contribution is 2.30. The van der Waals surface area contributed by atoms with E-state index in [1.165, 1.54) is 4.90 Å². The molecule has 16 heavy (non-hydrogen) atoms. The van der Waals surface area contributed by atoms with Crippen molar-refractivity contribution < 1.29 is 14.3 Å². The van der Waals surface area contributed by atoms with E-state index in [0.29, 0.717) is 6.61 Å². The van der Waals surface area contributed by atoms with Gasteiger partial charge in [-0.15, -0.1) is 0 Å². The van der Waals surface area contributed by atoms with E-state index in [4.69, 9.17) is 4.74 Å². The van der Waals surface area contributed by atoms with E-state index in [2.05, 4.69) is 0 Å². The molecule has 2 atom stereocenters.